The van der Waals surface area contributed by atoms with Crippen molar-refractivity contribution in [2.45, 2.75) is 33.5 Å². The van der Waals surface area contributed by atoms with Gasteiger partial charge in [0, 0.05) is 13.1 Å². The highest BCUT2D eigenvalue weighted by atomic mass is 32.1. The van der Waals surface area contributed by atoms with Crippen molar-refractivity contribution in [2.24, 2.45) is 0 Å². The number of nitrogens with zero attached hydrogens (tertiary/aromatic N) is 5. The van der Waals surface area contributed by atoms with E-state index in [-0.39, 0.29) is 0 Å². The third-order valence-electron chi connectivity index (χ3n) is 4.99. The highest BCUT2D eigenvalue weighted by Crippen LogP contribution is 2.20. The second-order valence-corrected chi connectivity index (χ2v) is 6.97. The maximum absolute atomic E-state index is 5.63. The quantitative estimate of drug-likeness (QED) is 0.678. The zero-order chi connectivity index (χ0) is 17.4. The Morgan fingerprint density at radius 2 is 1.80 bits per heavy atom. The number of aryl methyl sites for hydroxylation is 1. The molecule has 0 radical (unpaired) electrons. The average Bonchev–Trinajstić information content (AvgIpc) is 2.98. The molecule has 0 unspecified atom stereocenters. The molecule has 0 atom stereocenters. The molecule has 128 valence electrons. The van der Waals surface area contributed by atoms with Gasteiger partial charge in [-0.05, 0) is 71.2 Å². The van der Waals surface area contributed by atoms with Crippen LogP contribution in [0.5, 0.6) is 0 Å². The van der Waals surface area contributed by atoms with Gasteiger partial charge in [-0.25, -0.2) is 4.68 Å². The van der Waals surface area contributed by atoms with Gasteiger partial charge >= 0.3 is 0 Å². The standard InChI is InChI=1S/C19H21N5S/c1-14-6-5-9-18(15(14)2)24-19(25)23(20-21-24)13-22-11-10-16-7-3-4-8-17(16)12-22/h3-9H,10-13H2,1-2H3. The number of tetrazole rings is 1. The fourth-order valence-corrected chi connectivity index (χ4v) is 3.57. The number of aromatic nitrogens is 4. The van der Waals surface area contributed by atoms with Crippen LogP contribution in [0.2, 0.25) is 0 Å². The lowest BCUT2D eigenvalue weighted by atomic mass is 10.0. The molecule has 4 rings (SSSR count). The molecule has 0 fully saturated rings. The molecule has 0 saturated heterocycles. The molecular weight excluding hydrogens is 330 g/mol. The highest BCUT2D eigenvalue weighted by Gasteiger charge is 2.17. The van der Waals surface area contributed by atoms with Crippen molar-refractivity contribution in [1.29, 1.82) is 0 Å². The van der Waals surface area contributed by atoms with Gasteiger partial charge in [-0.15, -0.1) is 0 Å². The fraction of sp³-hybridized carbons (Fsp3) is 0.316. The van der Waals surface area contributed by atoms with Crippen LogP contribution in [0, 0.1) is 18.6 Å². The van der Waals surface area contributed by atoms with E-state index in [1.165, 1.54) is 22.3 Å². The first kappa shape index (κ1) is 16.2. The number of benzene rings is 2. The Labute approximate surface area is 152 Å². The van der Waals surface area contributed by atoms with Crippen LogP contribution >= 0.6 is 12.2 Å². The predicted octanol–water partition coefficient (Wildman–Crippen LogP) is 3.43. The van der Waals surface area contributed by atoms with Crippen LogP contribution in [-0.4, -0.2) is 31.2 Å². The molecule has 1 aliphatic rings. The molecule has 1 aliphatic heterocycles. The topological polar surface area (TPSA) is 38.9 Å². The van der Waals surface area contributed by atoms with Gasteiger partial charge in [-0.2, -0.15) is 4.68 Å². The van der Waals surface area contributed by atoms with Crippen molar-refractivity contribution in [2.75, 3.05) is 6.54 Å². The minimum Gasteiger partial charge on any atom is -0.280 e. The summed E-state index contributed by atoms with van der Waals surface area (Å²) < 4.78 is 4.20. The smallest absolute Gasteiger partial charge is 0.221 e. The Hall–Kier alpha value is -2.31. The molecule has 6 heteroatoms. The van der Waals surface area contributed by atoms with Crippen LogP contribution < -0.4 is 0 Å². The second kappa shape index (κ2) is 6.54. The molecule has 0 spiro atoms. The molecule has 25 heavy (non-hydrogen) atoms. The molecule has 0 amide bonds. The van der Waals surface area contributed by atoms with Gasteiger partial charge in [0.15, 0.2) is 0 Å². The van der Waals surface area contributed by atoms with Crippen LogP contribution in [0.15, 0.2) is 42.5 Å². The van der Waals surface area contributed by atoms with Crippen molar-refractivity contribution in [3.8, 4) is 5.69 Å². The summed E-state index contributed by atoms with van der Waals surface area (Å²) in [5, 5.41) is 8.59. The Morgan fingerprint density at radius 1 is 1.00 bits per heavy atom. The zero-order valence-electron chi connectivity index (χ0n) is 14.5. The molecule has 5 nitrogen and oxygen atoms in total. The van der Waals surface area contributed by atoms with Crippen molar-refractivity contribution >= 4 is 12.2 Å². The first-order valence-electron chi connectivity index (χ1n) is 8.52. The summed E-state index contributed by atoms with van der Waals surface area (Å²) in [6.07, 6.45) is 1.06. The van der Waals surface area contributed by atoms with E-state index in [9.17, 15) is 0 Å². The van der Waals surface area contributed by atoms with Crippen molar-refractivity contribution in [1.82, 2.24) is 24.7 Å². The minimum atomic E-state index is 0.632. The van der Waals surface area contributed by atoms with Crippen molar-refractivity contribution in [3.63, 3.8) is 0 Å². The van der Waals surface area contributed by atoms with Crippen LogP contribution in [0.3, 0.4) is 0 Å². The van der Waals surface area contributed by atoms with Crippen molar-refractivity contribution in [3.05, 3.63) is 69.5 Å². The molecule has 1 aromatic heterocycles. The molecule has 0 bridgehead atoms. The zero-order valence-corrected chi connectivity index (χ0v) is 15.3. The third kappa shape index (κ3) is 3.03. The fourth-order valence-electron chi connectivity index (χ4n) is 3.34. The summed E-state index contributed by atoms with van der Waals surface area (Å²) in [5.74, 6) is 0. The number of hydrogen-bond acceptors (Lipinski definition) is 4. The van der Waals surface area contributed by atoms with E-state index in [1.807, 2.05) is 16.8 Å². The van der Waals surface area contributed by atoms with E-state index in [2.05, 4.69) is 59.5 Å². The first-order chi connectivity index (χ1) is 12.1. The SMILES string of the molecule is Cc1cccc(-n2nnn(CN3CCc4ccccc4C3)c2=S)c1C. The normalized spacial score (nSPS) is 14.5. The Kier molecular flexibility index (Phi) is 4.23. The van der Waals surface area contributed by atoms with Gasteiger partial charge in [-0.1, -0.05) is 36.4 Å². The molecule has 3 aromatic rings. The lowest BCUT2D eigenvalue weighted by Gasteiger charge is -2.28. The summed E-state index contributed by atoms with van der Waals surface area (Å²) in [7, 11) is 0. The molecule has 0 N–H and O–H groups in total. The maximum atomic E-state index is 5.63. The number of hydrogen-bond donors (Lipinski definition) is 0. The van der Waals surface area contributed by atoms with E-state index in [0.29, 0.717) is 11.4 Å². The molecule has 0 aliphatic carbocycles. The van der Waals surface area contributed by atoms with Gasteiger partial charge in [0.25, 0.3) is 0 Å². The summed E-state index contributed by atoms with van der Waals surface area (Å²) in [5.41, 5.74) is 6.24. The number of fused-ring (bicyclic) bond motifs is 1. The second-order valence-electron chi connectivity index (χ2n) is 6.60. The monoisotopic (exact) mass is 351 g/mol. The summed E-state index contributed by atoms with van der Waals surface area (Å²) in [6, 6.07) is 14.8. The van der Waals surface area contributed by atoms with Crippen LogP contribution in [0.4, 0.5) is 0 Å². The highest BCUT2D eigenvalue weighted by molar-refractivity contribution is 7.71. The maximum Gasteiger partial charge on any atom is 0.221 e. The number of rotatable bonds is 3. The van der Waals surface area contributed by atoms with Gasteiger partial charge in [0.1, 0.15) is 0 Å². The summed E-state index contributed by atoms with van der Waals surface area (Å²) in [6.45, 7) is 6.78. The Morgan fingerprint density at radius 3 is 2.64 bits per heavy atom. The summed E-state index contributed by atoms with van der Waals surface area (Å²) in [4.78, 5) is 2.36. The van der Waals surface area contributed by atoms with E-state index < -0.39 is 0 Å². The Balaban J connectivity index is 1.58. The largest absolute Gasteiger partial charge is 0.280 e. The van der Waals surface area contributed by atoms with Gasteiger partial charge in [0.2, 0.25) is 4.77 Å². The van der Waals surface area contributed by atoms with Crippen LogP contribution in [-0.2, 0) is 19.6 Å². The predicted molar refractivity (Wildman–Crippen MR) is 100 cm³/mol. The lowest BCUT2D eigenvalue weighted by Crippen LogP contribution is -2.32. The van der Waals surface area contributed by atoms with Crippen LogP contribution in [0.25, 0.3) is 5.69 Å². The summed E-state index contributed by atoms with van der Waals surface area (Å²) >= 11 is 5.63. The van der Waals surface area contributed by atoms with Crippen molar-refractivity contribution < 1.29 is 0 Å². The first-order valence-corrected chi connectivity index (χ1v) is 8.93. The van der Waals surface area contributed by atoms with Crippen LogP contribution in [0.1, 0.15) is 22.3 Å². The Bertz CT molecular complexity index is 972. The molecule has 0 saturated carbocycles. The minimum absolute atomic E-state index is 0.632. The van der Waals surface area contributed by atoms with Gasteiger partial charge in [-0.3, -0.25) is 4.90 Å². The lowest BCUT2D eigenvalue weighted by molar-refractivity contribution is 0.186. The molecule has 2 heterocycles. The molecular formula is C19H21N5S. The van der Waals surface area contributed by atoms with E-state index in [4.69, 9.17) is 12.2 Å². The third-order valence-corrected chi connectivity index (χ3v) is 5.37. The van der Waals surface area contributed by atoms with E-state index in [0.717, 1.165) is 25.2 Å². The average molecular weight is 351 g/mol. The molecule has 2 aromatic carbocycles. The van der Waals surface area contributed by atoms with Gasteiger partial charge in [0.05, 0.1) is 12.4 Å². The van der Waals surface area contributed by atoms with E-state index in [1.54, 1.807) is 4.68 Å². The van der Waals surface area contributed by atoms with Gasteiger partial charge < -0.3 is 0 Å². The van der Waals surface area contributed by atoms with E-state index >= 15 is 0 Å².